The molecule has 0 radical (unpaired) electrons. The Morgan fingerprint density at radius 2 is 1.73 bits per heavy atom. The predicted octanol–water partition coefficient (Wildman–Crippen LogP) is 5.29. The van der Waals surface area contributed by atoms with Crippen molar-refractivity contribution in [1.82, 2.24) is 4.90 Å². The van der Waals surface area contributed by atoms with Crippen LogP contribution in [0, 0.1) is 0 Å². The van der Waals surface area contributed by atoms with E-state index in [-0.39, 0.29) is 6.23 Å². The maximum absolute atomic E-state index is 6.18. The van der Waals surface area contributed by atoms with Crippen molar-refractivity contribution in [2.75, 3.05) is 19.0 Å². The Balaban J connectivity index is 2.35. The van der Waals surface area contributed by atoms with E-state index in [2.05, 4.69) is 18.7 Å². The summed E-state index contributed by atoms with van der Waals surface area (Å²) in [6.07, 6.45) is -0.152. The van der Waals surface area contributed by atoms with E-state index in [1.807, 2.05) is 48.5 Å². The summed E-state index contributed by atoms with van der Waals surface area (Å²) < 4.78 is 6.18. The van der Waals surface area contributed by atoms with Crippen LogP contribution in [-0.2, 0) is 0 Å². The lowest BCUT2D eigenvalue weighted by Crippen LogP contribution is -2.40. The zero-order valence-electron chi connectivity index (χ0n) is 12.9. The van der Waals surface area contributed by atoms with Crippen molar-refractivity contribution in [2.45, 2.75) is 20.1 Å². The highest BCUT2D eigenvalue weighted by Gasteiger charge is 2.18. The van der Waals surface area contributed by atoms with Crippen molar-refractivity contribution in [2.24, 2.45) is 0 Å². The van der Waals surface area contributed by atoms with Gasteiger partial charge in [-0.25, -0.2) is 0 Å². The lowest BCUT2D eigenvalue weighted by atomic mass is 10.0. The number of nitrogens with zero attached hydrogens (tertiary/aromatic N) is 1. The lowest BCUT2D eigenvalue weighted by molar-refractivity contribution is 0.0513. The monoisotopic (exact) mass is 337 g/mol. The zero-order chi connectivity index (χ0) is 15.9. The smallest absolute Gasteiger partial charge is 0.166 e. The van der Waals surface area contributed by atoms with Crippen LogP contribution in [0.2, 0.25) is 5.02 Å². The van der Waals surface area contributed by atoms with Gasteiger partial charge in [-0.2, -0.15) is 0 Å². The third kappa shape index (κ3) is 4.16. The van der Waals surface area contributed by atoms with E-state index in [1.165, 1.54) is 0 Å². The second kappa shape index (κ2) is 8.42. The number of ether oxygens (including phenoxy) is 1. The Kier molecular flexibility index (Phi) is 6.56. The topological polar surface area (TPSA) is 12.5 Å². The van der Waals surface area contributed by atoms with Crippen LogP contribution >= 0.6 is 23.2 Å². The van der Waals surface area contributed by atoms with Crippen LogP contribution in [-0.4, -0.2) is 30.1 Å². The molecule has 2 aromatic rings. The molecule has 0 aliphatic carbocycles. The molecule has 1 atom stereocenters. The van der Waals surface area contributed by atoms with E-state index in [4.69, 9.17) is 27.9 Å². The minimum atomic E-state index is -0.152. The summed E-state index contributed by atoms with van der Waals surface area (Å²) >= 11 is 12.3. The second-order valence-corrected chi connectivity index (χ2v) is 5.70. The van der Waals surface area contributed by atoms with Crippen molar-refractivity contribution in [1.29, 1.82) is 0 Å². The lowest BCUT2D eigenvalue weighted by Gasteiger charge is -2.29. The molecule has 0 saturated heterocycles. The van der Waals surface area contributed by atoms with E-state index < -0.39 is 0 Å². The van der Waals surface area contributed by atoms with Crippen molar-refractivity contribution in [3.8, 4) is 16.9 Å². The van der Waals surface area contributed by atoms with Crippen LogP contribution in [0.4, 0.5) is 0 Å². The SMILES string of the molecule is CCN(CC)C(CCl)Oc1ccc(Cl)cc1-c1ccccc1. The minimum Gasteiger partial charge on any atom is -0.473 e. The average molecular weight is 338 g/mol. The van der Waals surface area contributed by atoms with E-state index >= 15 is 0 Å². The van der Waals surface area contributed by atoms with Gasteiger partial charge in [-0.15, -0.1) is 11.6 Å². The standard InChI is InChI=1S/C18H21Cl2NO/c1-3-21(4-2)18(13-19)22-17-11-10-15(20)12-16(17)14-8-6-5-7-9-14/h5-12,18H,3-4,13H2,1-2H3. The van der Waals surface area contributed by atoms with Crippen molar-refractivity contribution in [3.05, 3.63) is 53.6 Å². The summed E-state index contributed by atoms with van der Waals surface area (Å²) in [7, 11) is 0. The van der Waals surface area contributed by atoms with E-state index in [0.717, 1.165) is 30.0 Å². The first kappa shape index (κ1) is 17.1. The molecule has 0 spiro atoms. The highest BCUT2D eigenvalue weighted by atomic mass is 35.5. The normalized spacial score (nSPS) is 12.4. The number of benzene rings is 2. The summed E-state index contributed by atoms with van der Waals surface area (Å²) in [6.45, 7) is 5.99. The van der Waals surface area contributed by atoms with Gasteiger partial charge in [-0.05, 0) is 36.9 Å². The van der Waals surface area contributed by atoms with Crippen molar-refractivity contribution >= 4 is 23.2 Å². The predicted molar refractivity (Wildman–Crippen MR) is 94.9 cm³/mol. The Hall–Kier alpha value is -1.22. The van der Waals surface area contributed by atoms with Crippen LogP contribution in [0.25, 0.3) is 11.1 Å². The molecular weight excluding hydrogens is 317 g/mol. The molecule has 0 fully saturated rings. The number of alkyl halides is 1. The van der Waals surface area contributed by atoms with Gasteiger partial charge in [-0.3, -0.25) is 4.90 Å². The van der Waals surface area contributed by atoms with Crippen LogP contribution in [0.15, 0.2) is 48.5 Å². The number of hydrogen-bond donors (Lipinski definition) is 0. The molecule has 4 heteroatoms. The fourth-order valence-corrected chi connectivity index (χ4v) is 2.86. The molecular formula is C18H21Cl2NO. The molecule has 0 heterocycles. The summed E-state index contributed by atoms with van der Waals surface area (Å²) in [4.78, 5) is 2.19. The highest BCUT2D eigenvalue weighted by molar-refractivity contribution is 6.31. The largest absolute Gasteiger partial charge is 0.473 e. The van der Waals surface area contributed by atoms with Gasteiger partial charge in [0, 0.05) is 10.6 Å². The Morgan fingerprint density at radius 1 is 1.05 bits per heavy atom. The Morgan fingerprint density at radius 3 is 2.32 bits per heavy atom. The molecule has 0 saturated carbocycles. The fourth-order valence-electron chi connectivity index (χ4n) is 2.43. The first-order chi connectivity index (χ1) is 10.7. The third-order valence-corrected chi connectivity index (χ3v) is 4.14. The molecule has 2 rings (SSSR count). The van der Waals surface area contributed by atoms with Gasteiger partial charge in [0.15, 0.2) is 6.23 Å². The zero-order valence-corrected chi connectivity index (χ0v) is 14.4. The molecule has 1 unspecified atom stereocenters. The molecule has 0 aliphatic heterocycles. The van der Waals surface area contributed by atoms with Crippen LogP contribution in [0.5, 0.6) is 5.75 Å². The number of hydrogen-bond acceptors (Lipinski definition) is 2. The van der Waals surface area contributed by atoms with Gasteiger partial charge < -0.3 is 4.74 Å². The fraction of sp³-hybridized carbons (Fsp3) is 0.333. The molecule has 0 aliphatic rings. The van der Waals surface area contributed by atoms with Gasteiger partial charge in [0.25, 0.3) is 0 Å². The maximum Gasteiger partial charge on any atom is 0.166 e. The van der Waals surface area contributed by atoms with Crippen LogP contribution in [0.1, 0.15) is 13.8 Å². The van der Waals surface area contributed by atoms with E-state index in [1.54, 1.807) is 0 Å². The number of halogens is 2. The minimum absolute atomic E-state index is 0.152. The van der Waals surface area contributed by atoms with Gasteiger partial charge in [-0.1, -0.05) is 55.8 Å². The average Bonchev–Trinajstić information content (AvgIpc) is 2.57. The molecule has 0 bridgehead atoms. The molecule has 0 N–H and O–H groups in total. The summed E-state index contributed by atoms with van der Waals surface area (Å²) in [5, 5.41) is 0.691. The van der Waals surface area contributed by atoms with Crippen molar-refractivity contribution in [3.63, 3.8) is 0 Å². The molecule has 118 valence electrons. The number of rotatable bonds is 7. The quantitative estimate of drug-likeness (QED) is 0.502. The van der Waals surface area contributed by atoms with Gasteiger partial charge in [0.05, 0.1) is 5.88 Å². The van der Waals surface area contributed by atoms with Gasteiger partial charge in [0.1, 0.15) is 5.75 Å². The highest BCUT2D eigenvalue weighted by Crippen LogP contribution is 2.33. The summed E-state index contributed by atoms with van der Waals surface area (Å²) in [6, 6.07) is 15.8. The van der Waals surface area contributed by atoms with Crippen molar-refractivity contribution < 1.29 is 4.74 Å². The first-order valence-electron chi connectivity index (χ1n) is 7.51. The molecule has 0 aromatic heterocycles. The second-order valence-electron chi connectivity index (χ2n) is 4.95. The molecule has 2 nitrogen and oxygen atoms in total. The summed E-state index contributed by atoms with van der Waals surface area (Å²) in [5.74, 6) is 1.21. The maximum atomic E-state index is 6.18. The van der Waals surface area contributed by atoms with Crippen LogP contribution < -0.4 is 4.74 Å². The molecule has 0 amide bonds. The summed E-state index contributed by atoms with van der Waals surface area (Å²) in [5.41, 5.74) is 2.06. The van der Waals surface area contributed by atoms with E-state index in [0.29, 0.717) is 10.9 Å². The Labute approximate surface area is 142 Å². The molecule has 2 aromatic carbocycles. The van der Waals surface area contributed by atoms with E-state index in [9.17, 15) is 0 Å². The van der Waals surface area contributed by atoms with Crippen LogP contribution in [0.3, 0.4) is 0 Å². The third-order valence-electron chi connectivity index (χ3n) is 3.64. The first-order valence-corrected chi connectivity index (χ1v) is 8.42. The molecule has 22 heavy (non-hydrogen) atoms. The Bertz CT molecular complexity index is 585. The van der Waals surface area contributed by atoms with Gasteiger partial charge in [0.2, 0.25) is 0 Å². The van der Waals surface area contributed by atoms with Gasteiger partial charge >= 0.3 is 0 Å².